The molecule has 1 aliphatic rings. The third-order valence-corrected chi connectivity index (χ3v) is 2.85. The molecule has 2 heterocycles. The van der Waals surface area contributed by atoms with Gasteiger partial charge >= 0.3 is 0 Å². The topological polar surface area (TPSA) is 61.0 Å². The second-order valence-electron chi connectivity index (χ2n) is 3.91. The van der Waals surface area contributed by atoms with E-state index < -0.39 is 0 Å². The van der Waals surface area contributed by atoms with Gasteiger partial charge in [-0.25, -0.2) is 9.97 Å². The van der Waals surface area contributed by atoms with Gasteiger partial charge in [0.05, 0.1) is 11.6 Å². The predicted molar refractivity (Wildman–Crippen MR) is 52.6 cm³/mol. The van der Waals surface area contributed by atoms with Crippen LogP contribution < -0.4 is 5.73 Å². The number of ether oxygens (including phenoxy) is 1. The van der Waals surface area contributed by atoms with Crippen molar-refractivity contribution in [3.8, 4) is 0 Å². The molecule has 0 spiro atoms. The molecule has 0 aliphatic carbocycles. The number of rotatable bonds is 2. The minimum absolute atomic E-state index is 0.133. The van der Waals surface area contributed by atoms with E-state index in [1.165, 1.54) is 6.33 Å². The van der Waals surface area contributed by atoms with Gasteiger partial charge in [-0.3, -0.25) is 0 Å². The number of hydrogen-bond acceptors (Lipinski definition) is 4. The van der Waals surface area contributed by atoms with Crippen LogP contribution in [-0.2, 0) is 4.74 Å². The Kier molecular flexibility index (Phi) is 2.48. The highest BCUT2D eigenvalue weighted by Gasteiger charge is 2.37. The summed E-state index contributed by atoms with van der Waals surface area (Å²) in [6.45, 7) is 2.86. The Morgan fingerprint density at radius 3 is 2.79 bits per heavy atom. The van der Waals surface area contributed by atoms with Crippen molar-refractivity contribution in [2.45, 2.75) is 31.4 Å². The van der Waals surface area contributed by atoms with E-state index in [-0.39, 0.29) is 11.6 Å². The Bertz CT molecular complexity index is 295. The van der Waals surface area contributed by atoms with Crippen LogP contribution in [0.3, 0.4) is 0 Å². The molecular formula is C10H15N3O. The second kappa shape index (κ2) is 3.63. The van der Waals surface area contributed by atoms with Crippen molar-refractivity contribution in [2.24, 2.45) is 5.73 Å². The van der Waals surface area contributed by atoms with Crippen LogP contribution in [0.2, 0.25) is 0 Å². The van der Waals surface area contributed by atoms with Crippen molar-refractivity contribution in [1.29, 1.82) is 0 Å². The van der Waals surface area contributed by atoms with E-state index in [9.17, 15) is 0 Å². The SMILES string of the molecule is CC1(C(N)c2cncnc2)CCCO1. The highest BCUT2D eigenvalue weighted by Crippen LogP contribution is 2.35. The summed E-state index contributed by atoms with van der Waals surface area (Å²) < 4.78 is 5.68. The van der Waals surface area contributed by atoms with Crippen LogP contribution in [0.25, 0.3) is 0 Å². The summed E-state index contributed by atoms with van der Waals surface area (Å²) >= 11 is 0. The number of aromatic nitrogens is 2. The summed E-state index contributed by atoms with van der Waals surface area (Å²) in [7, 11) is 0. The predicted octanol–water partition coefficient (Wildman–Crippen LogP) is 1.05. The summed E-state index contributed by atoms with van der Waals surface area (Å²) in [5, 5.41) is 0. The van der Waals surface area contributed by atoms with Gasteiger partial charge in [0.1, 0.15) is 6.33 Å². The molecule has 0 aromatic carbocycles. The van der Waals surface area contributed by atoms with E-state index in [1.807, 2.05) is 0 Å². The second-order valence-corrected chi connectivity index (χ2v) is 3.91. The van der Waals surface area contributed by atoms with Crippen molar-refractivity contribution in [2.75, 3.05) is 6.61 Å². The monoisotopic (exact) mass is 193 g/mol. The third-order valence-electron chi connectivity index (χ3n) is 2.85. The van der Waals surface area contributed by atoms with Crippen LogP contribution in [0.4, 0.5) is 0 Å². The smallest absolute Gasteiger partial charge is 0.115 e. The van der Waals surface area contributed by atoms with Crippen LogP contribution in [0.1, 0.15) is 31.4 Å². The van der Waals surface area contributed by atoms with E-state index in [2.05, 4.69) is 16.9 Å². The molecule has 0 radical (unpaired) electrons. The number of hydrogen-bond donors (Lipinski definition) is 1. The highest BCUT2D eigenvalue weighted by molar-refractivity contribution is 5.14. The van der Waals surface area contributed by atoms with Gasteiger partial charge in [0.25, 0.3) is 0 Å². The molecule has 1 fully saturated rings. The van der Waals surface area contributed by atoms with E-state index in [1.54, 1.807) is 12.4 Å². The average molecular weight is 193 g/mol. The summed E-state index contributed by atoms with van der Waals surface area (Å²) in [5.74, 6) is 0. The molecule has 0 saturated carbocycles. The maximum Gasteiger partial charge on any atom is 0.115 e. The van der Waals surface area contributed by atoms with Crippen LogP contribution >= 0.6 is 0 Å². The Hall–Kier alpha value is -1.00. The van der Waals surface area contributed by atoms with E-state index in [4.69, 9.17) is 10.5 Å². The first-order valence-electron chi connectivity index (χ1n) is 4.87. The fourth-order valence-corrected chi connectivity index (χ4v) is 1.87. The highest BCUT2D eigenvalue weighted by atomic mass is 16.5. The van der Waals surface area contributed by atoms with E-state index >= 15 is 0 Å². The molecule has 2 N–H and O–H groups in total. The summed E-state index contributed by atoms with van der Waals surface area (Å²) in [6.07, 6.45) is 7.10. The van der Waals surface area contributed by atoms with Gasteiger partial charge in [-0.2, -0.15) is 0 Å². The molecule has 2 rings (SSSR count). The Balaban J connectivity index is 2.19. The number of nitrogens with zero attached hydrogens (tertiary/aromatic N) is 2. The Morgan fingerprint density at radius 1 is 1.50 bits per heavy atom. The van der Waals surface area contributed by atoms with E-state index in [0.29, 0.717) is 0 Å². The molecule has 1 aliphatic heterocycles. The third kappa shape index (κ3) is 1.63. The minimum Gasteiger partial charge on any atom is -0.373 e. The molecule has 4 heteroatoms. The van der Waals surface area contributed by atoms with E-state index in [0.717, 1.165) is 25.0 Å². The molecule has 1 aromatic heterocycles. The first-order chi connectivity index (χ1) is 6.72. The van der Waals surface area contributed by atoms with Crippen molar-refractivity contribution >= 4 is 0 Å². The molecular weight excluding hydrogens is 178 g/mol. The molecule has 2 unspecified atom stereocenters. The summed E-state index contributed by atoms with van der Waals surface area (Å²) in [6, 6.07) is -0.133. The van der Waals surface area contributed by atoms with Gasteiger partial charge in [-0.15, -0.1) is 0 Å². The Morgan fingerprint density at radius 2 is 2.21 bits per heavy atom. The van der Waals surface area contributed by atoms with Gasteiger partial charge in [-0.05, 0) is 19.8 Å². The van der Waals surface area contributed by atoms with Crippen molar-refractivity contribution < 1.29 is 4.74 Å². The van der Waals surface area contributed by atoms with Gasteiger partial charge in [0, 0.05) is 24.6 Å². The lowest BCUT2D eigenvalue weighted by atomic mass is 9.90. The lowest BCUT2D eigenvalue weighted by molar-refractivity contribution is -0.00190. The van der Waals surface area contributed by atoms with Crippen LogP contribution in [-0.4, -0.2) is 22.2 Å². The number of nitrogens with two attached hydrogens (primary N) is 1. The molecule has 14 heavy (non-hydrogen) atoms. The zero-order valence-electron chi connectivity index (χ0n) is 8.31. The standard InChI is InChI=1S/C10H15N3O/c1-10(3-2-4-14-10)9(11)8-5-12-7-13-6-8/h5-7,9H,2-4,11H2,1H3. The first kappa shape index (κ1) is 9.55. The quantitative estimate of drug-likeness (QED) is 0.762. The molecule has 1 saturated heterocycles. The normalized spacial score (nSPS) is 29.0. The average Bonchev–Trinajstić information content (AvgIpc) is 2.67. The van der Waals surface area contributed by atoms with Gasteiger partial charge in [-0.1, -0.05) is 0 Å². The molecule has 1 aromatic rings. The maximum atomic E-state index is 6.13. The van der Waals surface area contributed by atoms with Crippen molar-refractivity contribution in [3.05, 3.63) is 24.3 Å². The van der Waals surface area contributed by atoms with Gasteiger partial charge in [0.2, 0.25) is 0 Å². The zero-order chi connectivity index (χ0) is 10.0. The maximum absolute atomic E-state index is 6.13. The minimum atomic E-state index is -0.245. The van der Waals surface area contributed by atoms with Crippen LogP contribution in [0, 0.1) is 0 Å². The van der Waals surface area contributed by atoms with Crippen LogP contribution in [0.15, 0.2) is 18.7 Å². The van der Waals surface area contributed by atoms with Gasteiger partial charge < -0.3 is 10.5 Å². The Labute approximate surface area is 83.5 Å². The summed E-state index contributed by atoms with van der Waals surface area (Å²) in [5.41, 5.74) is 6.83. The largest absolute Gasteiger partial charge is 0.373 e. The fourth-order valence-electron chi connectivity index (χ4n) is 1.87. The van der Waals surface area contributed by atoms with Crippen molar-refractivity contribution in [1.82, 2.24) is 9.97 Å². The molecule has 0 amide bonds. The molecule has 0 bridgehead atoms. The van der Waals surface area contributed by atoms with Gasteiger partial charge in [0.15, 0.2) is 0 Å². The fraction of sp³-hybridized carbons (Fsp3) is 0.600. The lowest BCUT2D eigenvalue weighted by Crippen LogP contribution is -2.37. The zero-order valence-corrected chi connectivity index (χ0v) is 8.31. The first-order valence-corrected chi connectivity index (χ1v) is 4.87. The summed E-state index contributed by atoms with van der Waals surface area (Å²) in [4.78, 5) is 7.92. The molecule has 76 valence electrons. The van der Waals surface area contributed by atoms with Crippen molar-refractivity contribution in [3.63, 3.8) is 0 Å². The molecule has 4 nitrogen and oxygen atoms in total. The van der Waals surface area contributed by atoms with Crippen LogP contribution in [0.5, 0.6) is 0 Å². The molecule has 2 atom stereocenters. The lowest BCUT2D eigenvalue weighted by Gasteiger charge is -2.30.